The molecule has 0 aliphatic carbocycles. The summed E-state index contributed by atoms with van der Waals surface area (Å²) in [7, 11) is 0. The predicted octanol–water partition coefficient (Wildman–Crippen LogP) is 4.50. The molecule has 128 valence electrons. The monoisotopic (exact) mass is 366 g/mol. The minimum atomic E-state index is -0.446. The summed E-state index contributed by atoms with van der Waals surface area (Å²) >= 11 is 7.71. The zero-order valence-corrected chi connectivity index (χ0v) is 15.0. The van der Waals surface area contributed by atoms with Crippen molar-refractivity contribution in [3.05, 3.63) is 57.0 Å². The highest BCUT2D eigenvalue weighted by molar-refractivity contribution is 7.10. The first kappa shape index (κ1) is 17.4. The lowest BCUT2D eigenvalue weighted by atomic mass is 10.1. The Hall–Kier alpha value is -1.43. The van der Waals surface area contributed by atoms with E-state index in [4.69, 9.17) is 11.6 Å². The van der Waals surface area contributed by atoms with Crippen molar-refractivity contribution in [2.45, 2.75) is 31.8 Å². The van der Waals surface area contributed by atoms with E-state index in [1.807, 2.05) is 13.0 Å². The number of carbonyl (C=O) groups is 1. The van der Waals surface area contributed by atoms with Crippen molar-refractivity contribution in [1.82, 2.24) is 10.2 Å². The number of rotatable bonds is 5. The van der Waals surface area contributed by atoms with E-state index >= 15 is 0 Å². The van der Waals surface area contributed by atoms with Crippen LogP contribution in [-0.2, 0) is 0 Å². The SMILES string of the molecule is C[C@H](NC(=O)c1ccc(F)cc1Cl)[C@@H](c1cccs1)N1CCCC1. The maximum atomic E-state index is 13.2. The third-order valence-electron chi connectivity index (χ3n) is 4.38. The minimum absolute atomic E-state index is 0.0737. The van der Waals surface area contributed by atoms with E-state index in [0.717, 1.165) is 13.1 Å². The third-order valence-corrected chi connectivity index (χ3v) is 5.63. The van der Waals surface area contributed by atoms with Crippen LogP contribution in [0.15, 0.2) is 35.7 Å². The molecule has 1 saturated heterocycles. The normalized spacial score (nSPS) is 17.6. The Kier molecular flexibility index (Phi) is 5.54. The summed E-state index contributed by atoms with van der Waals surface area (Å²) in [5, 5.41) is 5.23. The molecule has 0 bridgehead atoms. The van der Waals surface area contributed by atoms with Crippen LogP contribution >= 0.6 is 22.9 Å². The van der Waals surface area contributed by atoms with Crippen LogP contribution in [0.2, 0.25) is 5.02 Å². The number of thiophene rings is 1. The number of nitrogens with zero attached hydrogens (tertiary/aromatic N) is 1. The fourth-order valence-electron chi connectivity index (χ4n) is 3.26. The standard InChI is InChI=1S/C18H20ClFN2OS/c1-12(21-18(23)14-7-6-13(20)11-15(14)19)17(16-5-4-10-24-16)22-8-2-3-9-22/h4-7,10-12,17H,2-3,8-9H2,1H3,(H,21,23)/t12-,17-/m0/s1. The van der Waals surface area contributed by atoms with Crippen LogP contribution in [0.25, 0.3) is 0 Å². The molecule has 0 radical (unpaired) electrons. The summed E-state index contributed by atoms with van der Waals surface area (Å²) in [6.07, 6.45) is 2.37. The predicted molar refractivity (Wildman–Crippen MR) is 96.2 cm³/mol. The molecule has 1 aliphatic heterocycles. The number of likely N-dealkylation sites (tertiary alicyclic amines) is 1. The van der Waals surface area contributed by atoms with Gasteiger partial charge in [0.05, 0.1) is 16.6 Å². The lowest BCUT2D eigenvalue weighted by Crippen LogP contribution is -2.43. The molecule has 2 atom stereocenters. The largest absolute Gasteiger partial charge is 0.348 e. The lowest BCUT2D eigenvalue weighted by Gasteiger charge is -2.32. The molecule has 2 aromatic rings. The van der Waals surface area contributed by atoms with Crippen molar-refractivity contribution in [2.24, 2.45) is 0 Å². The second-order valence-corrected chi connectivity index (χ2v) is 7.48. The number of hydrogen-bond donors (Lipinski definition) is 1. The second-order valence-electron chi connectivity index (χ2n) is 6.09. The van der Waals surface area contributed by atoms with Crippen molar-refractivity contribution in [3.63, 3.8) is 0 Å². The Morgan fingerprint density at radius 1 is 1.33 bits per heavy atom. The van der Waals surface area contributed by atoms with Gasteiger partial charge in [0.1, 0.15) is 5.82 Å². The van der Waals surface area contributed by atoms with Gasteiger partial charge in [-0.05, 0) is 62.5 Å². The van der Waals surface area contributed by atoms with Gasteiger partial charge < -0.3 is 5.32 Å². The summed E-state index contributed by atoms with van der Waals surface area (Å²) in [4.78, 5) is 16.2. The van der Waals surface area contributed by atoms with Crippen LogP contribution in [0.3, 0.4) is 0 Å². The van der Waals surface area contributed by atoms with Crippen molar-refractivity contribution >= 4 is 28.8 Å². The molecule has 0 spiro atoms. The highest BCUT2D eigenvalue weighted by Crippen LogP contribution is 2.31. The number of carbonyl (C=O) groups excluding carboxylic acids is 1. The minimum Gasteiger partial charge on any atom is -0.348 e. The number of hydrogen-bond acceptors (Lipinski definition) is 3. The van der Waals surface area contributed by atoms with Crippen molar-refractivity contribution in [1.29, 1.82) is 0 Å². The summed E-state index contributed by atoms with van der Waals surface area (Å²) < 4.78 is 13.2. The van der Waals surface area contributed by atoms with Gasteiger partial charge in [0, 0.05) is 10.9 Å². The molecule has 1 aromatic heterocycles. The quantitative estimate of drug-likeness (QED) is 0.845. The highest BCUT2D eigenvalue weighted by Gasteiger charge is 2.30. The highest BCUT2D eigenvalue weighted by atomic mass is 35.5. The van der Waals surface area contributed by atoms with Crippen LogP contribution in [0, 0.1) is 5.82 Å². The molecule has 1 fully saturated rings. The van der Waals surface area contributed by atoms with Crippen LogP contribution in [0.4, 0.5) is 4.39 Å². The van der Waals surface area contributed by atoms with Gasteiger partial charge in [-0.1, -0.05) is 17.7 Å². The average molecular weight is 367 g/mol. The van der Waals surface area contributed by atoms with E-state index in [2.05, 4.69) is 21.7 Å². The van der Waals surface area contributed by atoms with Crippen molar-refractivity contribution in [3.8, 4) is 0 Å². The van der Waals surface area contributed by atoms with E-state index in [1.165, 1.54) is 35.9 Å². The van der Waals surface area contributed by atoms with Gasteiger partial charge in [-0.15, -0.1) is 11.3 Å². The third kappa shape index (κ3) is 3.79. The summed E-state index contributed by atoms with van der Waals surface area (Å²) in [5.74, 6) is -0.716. The van der Waals surface area contributed by atoms with E-state index in [-0.39, 0.29) is 23.0 Å². The Morgan fingerprint density at radius 3 is 2.71 bits per heavy atom. The number of nitrogens with one attached hydrogen (secondary N) is 1. The van der Waals surface area contributed by atoms with E-state index < -0.39 is 5.82 Å². The fourth-order valence-corrected chi connectivity index (χ4v) is 4.48. The number of halogens is 2. The maximum absolute atomic E-state index is 13.2. The molecule has 6 heteroatoms. The van der Waals surface area contributed by atoms with Gasteiger partial charge in [-0.25, -0.2) is 4.39 Å². The molecular weight excluding hydrogens is 347 g/mol. The molecule has 24 heavy (non-hydrogen) atoms. The van der Waals surface area contributed by atoms with Gasteiger partial charge in [-0.2, -0.15) is 0 Å². The molecular formula is C18H20ClFN2OS. The molecule has 2 heterocycles. The second kappa shape index (κ2) is 7.64. The molecule has 1 amide bonds. The molecule has 3 rings (SSSR count). The van der Waals surface area contributed by atoms with Gasteiger partial charge >= 0.3 is 0 Å². The number of benzene rings is 1. The van der Waals surface area contributed by atoms with Gasteiger partial charge in [0.15, 0.2) is 0 Å². The van der Waals surface area contributed by atoms with Crippen LogP contribution in [0.5, 0.6) is 0 Å². The molecule has 1 aromatic carbocycles. The molecule has 0 unspecified atom stereocenters. The van der Waals surface area contributed by atoms with Crippen molar-refractivity contribution in [2.75, 3.05) is 13.1 Å². The first-order valence-corrected chi connectivity index (χ1v) is 9.35. The molecule has 3 nitrogen and oxygen atoms in total. The lowest BCUT2D eigenvalue weighted by molar-refractivity contribution is 0.0908. The maximum Gasteiger partial charge on any atom is 0.253 e. The van der Waals surface area contributed by atoms with Gasteiger partial charge in [-0.3, -0.25) is 9.69 Å². The zero-order valence-electron chi connectivity index (χ0n) is 13.5. The Morgan fingerprint density at radius 2 is 2.08 bits per heavy atom. The van der Waals surface area contributed by atoms with Crippen LogP contribution in [-0.4, -0.2) is 29.9 Å². The Balaban J connectivity index is 1.77. The summed E-state index contributed by atoms with van der Waals surface area (Å²) in [6, 6.07) is 8.07. The fraction of sp³-hybridized carbons (Fsp3) is 0.389. The molecule has 1 N–H and O–H groups in total. The smallest absolute Gasteiger partial charge is 0.253 e. The number of amides is 1. The van der Waals surface area contributed by atoms with Crippen LogP contribution in [0.1, 0.15) is 41.0 Å². The van der Waals surface area contributed by atoms with E-state index in [9.17, 15) is 9.18 Å². The van der Waals surface area contributed by atoms with Gasteiger partial charge in [0.25, 0.3) is 5.91 Å². The summed E-state index contributed by atoms with van der Waals surface area (Å²) in [6.45, 7) is 4.10. The van der Waals surface area contributed by atoms with E-state index in [1.54, 1.807) is 11.3 Å². The van der Waals surface area contributed by atoms with E-state index in [0.29, 0.717) is 5.56 Å². The Bertz CT molecular complexity index is 701. The first-order chi connectivity index (χ1) is 11.6. The van der Waals surface area contributed by atoms with Crippen molar-refractivity contribution < 1.29 is 9.18 Å². The topological polar surface area (TPSA) is 32.3 Å². The molecule has 0 saturated carbocycles. The molecule has 1 aliphatic rings. The van der Waals surface area contributed by atoms with Crippen LogP contribution < -0.4 is 5.32 Å². The van der Waals surface area contributed by atoms with Gasteiger partial charge in [0.2, 0.25) is 0 Å². The Labute approximate surface area is 150 Å². The first-order valence-electron chi connectivity index (χ1n) is 8.09. The average Bonchev–Trinajstić information content (AvgIpc) is 3.21. The summed E-state index contributed by atoms with van der Waals surface area (Å²) in [5.41, 5.74) is 0.302. The zero-order chi connectivity index (χ0) is 17.1.